The minimum atomic E-state index is -2.96. The van der Waals surface area contributed by atoms with Gasteiger partial charge in [0.1, 0.15) is 0 Å². The Balaban J connectivity index is 1.69. The molecule has 0 unspecified atom stereocenters. The van der Waals surface area contributed by atoms with Crippen molar-refractivity contribution in [1.82, 2.24) is 14.8 Å². The van der Waals surface area contributed by atoms with Crippen LogP contribution in [0, 0.1) is 6.92 Å². The molecule has 1 aromatic carbocycles. The van der Waals surface area contributed by atoms with Crippen LogP contribution in [0.3, 0.4) is 0 Å². The van der Waals surface area contributed by atoms with Crippen LogP contribution < -0.4 is 4.90 Å². The van der Waals surface area contributed by atoms with Crippen molar-refractivity contribution < 1.29 is 18.3 Å². The number of sulfone groups is 1. The van der Waals surface area contributed by atoms with E-state index in [9.17, 15) is 13.2 Å². The van der Waals surface area contributed by atoms with Crippen LogP contribution in [0.4, 0.5) is 5.13 Å². The Kier molecular flexibility index (Phi) is 4.80. The van der Waals surface area contributed by atoms with Crippen molar-refractivity contribution in [3.63, 3.8) is 0 Å². The minimum Gasteiger partial charge on any atom is -0.476 e. The van der Waals surface area contributed by atoms with Gasteiger partial charge in [-0.1, -0.05) is 22.9 Å². The van der Waals surface area contributed by atoms with Gasteiger partial charge in [-0.25, -0.2) is 18.2 Å². The van der Waals surface area contributed by atoms with Crippen LogP contribution in [0.1, 0.15) is 21.7 Å². The first-order valence-electron chi connectivity index (χ1n) is 8.54. The summed E-state index contributed by atoms with van der Waals surface area (Å²) in [4.78, 5) is 17.9. The number of fused-ring (bicyclic) bond motifs is 1. The molecule has 2 aromatic heterocycles. The molecule has 0 spiro atoms. The minimum absolute atomic E-state index is 0.00994. The number of benzene rings is 1. The summed E-state index contributed by atoms with van der Waals surface area (Å²) < 4.78 is 25.9. The molecular formula is C17H17ClN4O4S2. The van der Waals surface area contributed by atoms with Gasteiger partial charge >= 0.3 is 5.97 Å². The van der Waals surface area contributed by atoms with Crippen molar-refractivity contribution in [3.8, 4) is 0 Å². The summed E-state index contributed by atoms with van der Waals surface area (Å²) >= 11 is 7.75. The first kappa shape index (κ1) is 19.2. The van der Waals surface area contributed by atoms with E-state index in [-0.39, 0.29) is 17.2 Å². The number of thiazole rings is 1. The Morgan fingerprint density at radius 2 is 2.00 bits per heavy atom. The molecule has 0 saturated carbocycles. The lowest BCUT2D eigenvalue weighted by molar-refractivity contribution is 0.0689. The van der Waals surface area contributed by atoms with Gasteiger partial charge in [0.15, 0.2) is 20.7 Å². The maximum Gasteiger partial charge on any atom is 0.356 e. The molecule has 1 aliphatic heterocycles. The summed E-state index contributed by atoms with van der Waals surface area (Å²) in [6.07, 6.45) is 0. The number of aromatic carboxylic acids is 1. The Morgan fingerprint density at radius 3 is 2.64 bits per heavy atom. The maximum atomic E-state index is 11.7. The molecule has 0 aliphatic carbocycles. The first-order valence-corrected chi connectivity index (χ1v) is 11.6. The van der Waals surface area contributed by atoms with Gasteiger partial charge in [-0.3, -0.25) is 4.68 Å². The first-order chi connectivity index (χ1) is 13.2. The normalized spacial score (nSPS) is 16.6. The standard InChI is InChI=1S/C17H17ClN4O4S2/c1-10-6-13(16(23)24)20-22(10)9-11-7-12(18)8-14-15(11)19-17(27-14)21-2-4-28(25,26)5-3-21/h6-8H,2-5,9H2,1H3,(H,23,24). The maximum absolute atomic E-state index is 11.7. The van der Waals surface area contributed by atoms with Crippen molar-refractivity contribution in [1.29, 1.82) is 0 Å². The molecule has 8 nitrogen and oxygen atoms in total. The van der Waals surface area contributed by atoms with Crippen molar-refractivity contribution >= 4 is 54.1 Å². The molecule has 1 aliphatic rings. The Morgan fingerprint density at radius 1 is 1.29 bits per heavy atom. The molecule has 3 aromatic rings. The summed E-state index contributed by atoms with van der Waals surface area (Å²) in [5.41, 5.74) is 2.31. The summed E-state index contributed by atoms with van der Waals surface area (Å²) in [6.45, 7) is 2.98. The summed E-state index contributed by atoms with van der Waals surface area (Å²) in [6, 6.07) is 5.15. The zero-order valence-electron chi connectivity index (χ0n) is 14.9. The third kappa shape index (κ3) is 3.71. The number of halogens is 1. The fourth-order valence-electron chi connectivity index (χ4n) is 3.15. The molecule has 1 fully saturated rings. The van der Waals surface area contributed by atoms with E-state index in [2.05, 4.69) is 5.10 Å². The average Bonchev–Trinajstić information content (AvgIpc) is 3.19. The zero-order chi connectivity index (χ0) is 20.1. The van der Waals surface area contributed by atoms with E-state index in [0.29, 0.717) is 24.7 Å². The second-order valence-electron chi connectivity index (χ2n) is 6.68. The Hall–Kier alpha value is -2.17. The third-order valence-corrected chi connectivity index (χ3v) is 7.55. The molecule has 1 saturated heterocycles. The number of nitrogens with zero attached hydrogens (tertiary/aromatic N) is 4. The SMILES string of the molecule is Cc1cc(C(=O)O)nn1Cc1cc(Cl)cc2sc(N3CCS(=O)(=O)CC3)nc12. The van der Waals surface area contributed by atoms with Crippen molar-refractivity contribution in [2.45, 2.75) is 13.5 Å². The second-order valence-corrected chi connectivity index (χ2v) is 10.4. The third-order valence-electron chi connectivity index (χ3n) is 4.66. The summed E-state index contributed by atoms with van der Waals surface area (Å²) in [7, 11) is -2.96. The lowest BCUT2D eigenvalue weighted by Crippen LogP contribution is -2.40. The van der Waals surface area contributed by atoms with E-state index < -0.39 is 15.8 Å². The molecule has 28 heavy (non-hydrogen) atoms. The average molecular weight is 441 g/mol. The number of aromatic nitrogens is 3. The van der Waals surface area contributed by atoms with Crippen LogP contribution >= 0.6 is 22.9 Å². The van der Waals surface area contributed by atoms with Gasteiger partial charge < -0.3 is 10.0 Å². The number of anilines is 1. The Bertz CT molecular complexity index is 1170. The Labute approximate surface area is 170 Å². The molecule has 1 N–H and O–H groups in total. The van der Waals surface area contributed by atoms with E-state index in [1.165, 1.54) is 17.4 Å². The second kappa shape index (κ2) is 7.02. The van der Waals surface area contributed by atoms with Crippen molar-refractivity contribution in [2.75, 3.05) is 29.5 Å². The van der Waals surface area contributed by atoms with Crippen molar-refractivity contribution in [2.24, 2.45) is 0 Å². The van der Waals surface area contributed by atoms with E-state index in [4.69, 9.17) is 21.7 Å². The molecule has 0 amide bonds. The van der Waals surface area contributed by atoms with Gasteiger partial charge in [0.2, 0.25) is 0 Å². The highest BCUT2D eigenvalue weighted by Crippen LogP contribution is 2.34. The molecule has 4 rings (SSSR count). The van der Waals surface area contributed by atoms with E-state index >= 15 is 0 Å². The van der Waals surface area contributed by atoms with Crippen molar-refractivity contribution in [3.05, 3.63) is 40.2 Å². The summed E-state index contributed by atoms with van der Waals surface area (Å²) in [5, 5.41) is 14.6. The predicted octanol–water partition coefficient (Wildman–Crippen LogP) is 2.44. The predicted molar refractivity (Wildman–Crippen MR) is 109 cm³/mol. The van der Waals surface area contributed by atoms with Crippen LogP contribution in [-0.2, 0) is 16.4 Å². The van der Waals surface area contributed by atoms with Crippen LogP contribution in [0.15, 0.2) is 18.2 Å². The highest BCUT2D eigenvalue weighted by molar-refractivity contribution is 7.91. The van der Waals surface area contributed by atoms with Gasteiger partial charge in [0.05, 0.1) is 28.3 Å². The highest BCUT2D eigenvalue weighted by atomic mass is 35.5. The van der Waals surface area contributed by atoms with Crippen LogP contribution in [0.2, 0.25) is 5.02 Å². The number of carbonyl (C=O) groups is 1. The highest BCUT2D eigenvalue weighted by Gasteiger charge is 2.24. The van der Waals surface area contributed by atoms with Gasteiger partial charge in [-0.2, -0.15) is 5.10 Å². The number of hydrogen-bond donors (Lipinski definition) is 1. The smallest absolute Gasteiger partial charge is 0.356 e. The molecule has 148 valence electrons. The molecular weight excluding hydrogens is 424 g/mol. The fraction of sp³-hybridized carbons (Fsp3) is 0.353. The van der Waals surface area contributed by atoms with Gasteiger partial charge in [-0.15, -0.1) is 0 Å². The van der Waals surface area contributed by atoms with E-state index in [1.807, 2.05) is 11.0 Å². The molecule has 0 bridgehead atoms. The topological polar surface area (TPSA) is 105 Å². The quantitative estimate of drug-likeness (QED) is 0.664. The molecule has 0 radical (unpaired) electrons. The largest absolute Gasteiger partial charge is 0.476 e. The van der Waals surface area contributed by atoms with Crippen LogP contribution in [-0.4, -0.2) is 58.9 Å². The van der Waals surface area contributed by atoms with Gasteiger partial charge in [0.25, 0.3) is 0 Å². The zero-order valence-corrected chi connectivity index (χ0v) is 17.3. The van der Waals surface area contributed by atoms with Crippen LogP contribution in [0.5, 0.6) is 0 Å². The van der Waals surface area contributed by atoms with E-state index in [0.717, 1.165) is 26.6 Å². The lowest BCUT2D eigenvalue weighted by atomic mass is 10.2. The number of hydrogen-bond acceptors (Lipinski definition) is 7. The number of aryl methyl sites for hydroxylation is 1. The molecule has 0 atom stereocenters. The number of rotatable bonds is 4. The molecule has 3 heterocycles. The van der Waals surface area contributed by atoms with Gasteiger partial charge in [0, 0.05) is 29.4 Å². The fourth-order valence-corrected chi connectivity index (χ4v) is 5.76. The molecule has 11 heteroatoms. The number of carboxylic acid groups (broad SMARTS) is 1. The summed E-state index contributed by atoms with van der Waals surface area (Å²) in [5.74, 6) is -0.823. The number of carboxylic acids is 1. The van der Waals surface area contributed by atoms with Gasteiger partial charge in [-0.05, 0) is 25.1 Å². The monoisotopic (exact) mass is 440 g/mol. The van der Waals surface area contributed by atoms with E-state index in [1.54, 1.807) is 17.7 Å². The van der Waals surface area contributed by atoms with Crippen LogP contribution in [0.25, 0.3) is 10.2 Å². The lowest BCUT2D eigenvalue weighted by Gasteiger charge is -2.25.